The molecule has 1 amide bonds. The molecule has 1 saturated heterocycles. The number of hydrogen-bond acceptors (Lipinski definition) is 6. The average molecular weight is 359 g/mol. The lowest BCUT2D eigenvalue weighted by Crippen LogP contribution is -2.32. The zero-order valence-electron chi connectivity index (χ0n) is 14.1. The number of benzene rings is 1. The van der Waals surface area contributed by atoms with E-state index in [1.807, 2.05) is 36.4 Å². The van der Waals surface area contributed by atoms with Crippen LogP contribution in [0.4, 0.5) is 0 Å². The standard InChI is InChI=1S/C18H21N3O3S/c1-23-14-5-2-4-13(10-14)16-7-8-18(21-20-16)25-12-17(22)19-11-15-6-3-9-24-15/h2,4-5,7-8,10,15H,3,6,9,11-12H2,1H3,(H,19,22)/t15-/m0/s1. The van der Waals surface area contributed by atoms with E-state index in [4.69, 9.17) is 9.47 Å². The fourth-order valence-electron chi connectivity index (χ4n) is 2.56. The highest BCUT2D eigenvalue weighted by atomic mass is 32.2. The summed E-state index contributed by atoms with van der Waals surface area (Å²) in [5, 5.41) is 12.0. The zero-order valence-corrected chi connectivity index (χ0v) is 14.9. The molecule has 1 atom stereocenters. The number of ether oxygens (including phenoxy) is 2. The van der Waals surface area contributed by atoms with Crippen LogP contribution in [0, 0.1) is 0 Å². The van der Waals surface area contributed by atoms with Crippen LogP contribution in [0.25, 0.3) is 11.3 Å². The molecule has 0 unspecified atom stereocenters. The molecule has 7 heteroatoms. The number of amides is 1. The Bertz CT molecular complexity index is 703. The summed E-state index contributed by atoms with van der Waals surface area (Å²) in [5.74, 6) is 1.08. The van der Waals surface area contributed by atoms with E-state index >= 15 is 0 Å². The Morgan fingerprint density at radius 2 is 2.28 bits per heavy atom. The van der Waals surface area contributed by atoms with Gasteiger partial charge in [-0.05, 0) is 37.1 Å². The van der Waals surface area contributed by atoms with E-state index in [9.17, 15) is 4.79 Å². The first-order valence-electron chi connectivity index (χ1n) is 8.24. The molecule has 0 saturated carbocycles. The molecule has 1 aromatic carbocycles. The van der Waals surface area contributed by atoms with E-state index in [2.05, 4.69) is 15.5 Å². The Kier molecular flexibility index (Phi) is 6.25. The fraction of sp³-hybridized carbons (Fsp3) is 0.389. The number of aromatic nitrogens is 2. The van der Waals surface area contributed by atoms with Gasteiger partial charge in [0.1, 0.15) is 10.8 Å². The van der Waals surface area contributed by atoms with E-state index in [-0.39, 0.29) is 12.0 Å². The molecule has 2 heterocycles. The summed E-state index contributed by atoms with van der Waals surface area (Å²) in [6, 6.07) is 11.4. The molecule has 0 aliphatic carbocycles. The SMILES string of the molecule is COc1cccc(-c2ccc(SCC(=O)NC[C@@H]3CCCO3)nn2)c1. The maximum atomic E-state index is 11.9. The molecule has 1 fully saturated rings. The molecular weight excluding hydrogens is 338 g/mol. The van der Waals surface area contributed by atoms with Crippen LogP contribution >= 0.6 is 11.8 Å². The molecule has 132 valence electrons. The maximum Gasteiger partial charge on any atom is 0.230 e. The summed E-state index contributed by atoms with van der Waals surface area (Å²) in [6.45, 7) is 1.38. The van der Waals surface area contributed by atoms with Gasteiger partial charge in [-0.2, -0.15) is 0 Å². The predicted octanol–water partition coefficient (Wildman–Crippen LogP) is 2.54. The number of rotatable bonds is 7. The van der Waals surface area contributed by atoms with Gasteiger partial charge in [0.2, 0.25) is 5.91 Å². The second-order valence-corrected chi connectivity index (χ2v) is 6.71. The first-order chi connectivity index (χ1) is 12.2. The molecule has 1 N–H and O–H groups in total. The molecule has 0 bridgehead atoms. The topological polar surface area (TPSA) is 73.3 Å². The first kappa shape index (κ1) is 17.7. The molecule has 3 rings (SSSR count). The summed E-state index contributed by atoms with van der Waals surface area (Å²) < 4.78 is 10.7. The number of carbonyl (C=O) groups excluding carboxylic acids is 1. The van der Waals surface area contributed by atoms with Gasteiger partial charge in [0.25, 0.3) is 0 Å². The first-order valence-corrected chi connectivity index (χ1v) is 9.22. The minimum atomic E-state index is -0.0147. The molecule has 1 aliphatic rings. The molecule has 1 aliphatic heterocycles. The van der Waals surface area contributed by atoms with Gasteiger partial charge in [0, 0.05) is 18.7 Å². The third kappa shape index (κ3) is 5.17. The molecular formula is C18H21N3O3S. The molecule has 6 nitrogen and oxygen atoms in total. The van der Waals surface area contributed by atoms with Crippen LogP contribution in [0.1, 0.15) is 12.8 Å². The molecule has 1 aromatic heterocycles. The lowest BCUT2D eigenvalue weighted by Gasteiger charge is -2.10. The Balaban J connectivity index is 1.49. The summed E-state index contributed by atoms with van der Waals surface area (Å²) in [4.78, 5) is 11.9. The average Bonchev–Trinajstić information content (AvgIpc) is 3.19. The predicted molar refractivity (Wildman–Crippen MR) is 96.7 cm³/mol. The second-order valence-electron chi connectivity index (χ2n) is 5.72. The van der Waals surface area contributed by atoms with Crippen molar-refractivity contribution in [1.82, 2.24) is 15.5 Å². The van der Waals surface area contributed by atoms with Crippen molar-refractivity contribution in [3.05, 3.63) is 36.4 Å². The summed E-state index contributed by atoms with van der Waals surface area (Å²) in [7, 11) is 1.63. The number of nitrogens with zero attached hydrogens (tertiary/aromatic N) is 2. The van der Waals surface area contributed by atoms with Crippen LogP contribution in [0.5, 0.6) is 5.75 Å². The van der Waals surface area contributed by atoms with Gasteiger partial charge in [0.15, 0.2) is 0 Å². The van der Waals surface area contributed by atoms with Gasteiger partial charge in [-0.15, -0.1) is 10.2 Å². The van der Waals surface area contributed by atoms with Crippen LogP contribution in [0.3, 0.4) is 0 Å². The third-order valence-corrected chi connectivity index (χ3v) is 4.83. The summed E-state index contributed by atoms with van der Waals surface area (Å²) in [5.41, 5.74) is 1.71. The Morgan fingerprint density at radius 3 is 3.00 bits per heavy atom. The monoisotopic (exact) mass is 359 g/mol. The van der Waals surface area contributed by atoms with Crippen molar-refractivity contribution in [2.75, 3.05) is 26.0 Å². The van der Waals surface area contributed by atoms with Gasteiger partial charge in [-0.1, -0.05) is 23.9 Å². The van der Waals surface area contributed by atoms with Crippen LogP contribution in [-0.4, -0.2) is 48.2 Å². The zero-order chi connectivity index (χ0) is 17.5. The van der Waals surface area contributed by atoms with Crippen molar-refractivity contribution in [2.45, 2.75) is 24.0 Å². The molecule has 2 aromatic rings. The van der Waals surface area contributed by atoms with Gasteiger partial charge in [-0.25, -0.2) is 0 Å². The highest BCUT2D eigenvalue weighted by Crippen LogP contribution is 2.23. The van der Waals surface area contributed by atoms with Crippen molar-refractivity contribution < 1.29 is 14.3 Å². The Labute approximate surface area is 151 Å². The third-order valence-electron chi connectivity index (χ3n) is 3.91. The number of methoxy groups -OCH3 is 1. The Morgan fingerprint density at radius 1 is 1.36 bits per heavy atom. The second kappa shape index (κ2) is 8.82. The van der Waals surface area contributed by atoms with Crippen LogP contribution in [-0.2, 0) is 9.53 Å². The smallest absolute Gasteiger partial charge is 0.230 e. The lowest BCUT2D eigenvalue weighted by molar-refractivity contribution is -0.119. The normalized spacial score (nSPS) is 16.6. The fourth-order valence-corrected chi connectivity index (χ4v) is 3.20. The number of hydrogen-bond donors (Lipinski definition) is 1. The number of carbonyl (C=O) groups is 1. The highest BCUT2D eigenvalue weighted by molar-refractivity contribution is 7.99. The summed E-state index contributed by atoms with van der Waals surface area (Å²) >= 11 is 1.37. The molecule has 0 spiro atoms. The number of thioether (sulfide) groups is 1. The minimum Gasteiger partial charge on any atom is -0.497 e. The van der Waals surface area contributed by atoms with Gasteiger partial charge in [-0.3, -0.25) is 4.79 Å². The van der Waals surface area contributed by atoms with E-state index < -0.39 is 0 Å². The van der Waals surface area contributed by atoms with E-state index in [0.717, 1.165) is 41.5 Å². The van der Waals surface area contributed by atoms with E-state index in [1.54, 1.807) is 7.11 Å². The quantitative estimate of drug-likeness (QED) is 0.766. The van der Waals surface area contributed by atoms with E-state index in [1.165, 1.54) is 11.8 Å². The van der Waals surface area contributed by atoms with Crippen molar-refractivity contribution >= 4 is 17.7 Å². The highest BCUT2D eigenvalue weighted by Gasteiger charge is 2.16. The minimum absolute atomic E-state index is 0.0147. The van der Waals surface area contributed by atoms with Crippen molar-refractivity contribution in [1.29, 1.82) is 0 Å². The van der Waals surface area contributed by atoms with Gasteiger partial charge < -0.3 is 14.8 Å². The van der Waals surface area contributed by atoms with E-state index in [0.29, 0.717) is 12.3 Å². The van der Waals surface area contributed by atoms with Gasteiger partial charge >= 0.3 is 0 Å². The van der Waals surface area contributed by atoms with Crippen molar-refractivity contribution in [3.63, 3.8) is 0 Å². The largest absolute Gasteiger partial charge is 0.497 e. The Hall–Kier alpha value is -2.12. The van der Waals surface area contributed by atoms with Crippen LogP contribution < -0.4 is 10.1 Å². The summed E-state index contributed by atoms with van der Waals surface area (Å²) in [6.07, 6.45) is 2.26. The lowest BCUT2D eigenvalue weighted by atomic mass is 10.1. The van der Waals surface area contributed by atoms with Crippen LogP contribution in [0.2, 0.25) is 0 Å². The maximum absolute atomic E-state index is 11.9. The van der Waals surface area contributed by atoms with Gasteiger partial charge in [0.05, 0.1) is 24.7 Å². The van der Waals surface area contributed by atoms with Crippen molar-refractivity contribution in [3.8, 4) is 17.0 Å². The molecule has 25 heavy (non-hydrogen) atoms. The number of nitrogens with one attached hydrogen (secondary N) is 1. The molecule has 0 radical (unpaired) electrons. The van der Waals surface area contributed by atoms with Crippen LogP contribution in [0.15, 0.2) is 41.4 Å². The van der Waals surface area contributed by atoms with Crippen molar-refractivity contribution in [2.24, 2.45) is 0 Å².